The fourth-order valence-corrected chi connectivity index (χ4v) is 2.98. The number of fused-ring (bicyclic) bond motifs is 2. The molecular formula is C18H11BrN4. The Bertz CT molecular complexity index is 1060. The van der Waals surface area contributed by atoms with Crippen molar-refractivity contribution < 1.29 is 0 Å². The van der Waals surface area contributed by atoms with E-state index in [1.165, 1.54) is 0 Å². The Morgan fingerprint density at radius 1 is 1.17 bits per heavy atom. The van der Waals surface area contributed by atoms with Crippen LogP contribution in [0, 0.1) is 11.3 Å². The van der Waals surface area contributed by atoms with Gasteiger partial charge in [0.1, 0.15) is 11.9 Å². The highest BCUT2D eigenvalue weighted by Gasteiger charge is 2.09. The number of aromatic amines is 2. The van der Waals surface area contributed by atoms with Gasteiger partial charge in [0, 0.05) is 27.1 Å². The van der Waals surface area contributed by atoms with Crippen LogP contribution in [0.1, 0.15) is 11.4 Å². The zero-order valence-corrected chi connectivity index (χ0v) is 13.6. The minimum Gasteiger partial charge on any atom is -0.361 e. The normalized spacial score (nSPS) is 11.9. The zero-order valence-electron chi connectivity index (χ0n) is 12.0. The first-order chi connectivity index (χ1) is 11.2. The first-order valence-corrected chi connectivity index (χ1v) is 7.87. The fourth-order valence-electron chi connectivity index (χ4n) is 2.62. The Labute approximate surface area is 140 Å². The maximum Gasteiger partial charge on any atom is 0.149 e. The van der Waals surface area contributed by atoms with Gasteiger partial charge in [-0.2, -0.15) is 5.26 Å². The number of nitriles is 1. The van der Waals surface area contributed by atoms with Gasteiger partial charge >= 0.3 is 0 Å². The lowest BCUT2D eigenvalue weighted by Gasteiger charge is -1.96. The molecule has 0 bridgehead atoms. The lowest BCUT2D eigenvalue weighted by atomic mass is 10.1. The summed E-state index contributed by atoms with van der Waals surface area (Å²) in [6, 6.07) is 16.0. The van der Waals surface area contributed by atoms with Gasteiger partial charge in [-0.15, -0.1) is 0 Å². The van der Waals surface area contributed by atoms with Gasteiger partial charge in [-0.05, 0) is 36.4 Å². The van der Waals surface area contributed by atoms with Crippen molar-refractivity contribution in [2.75, 3.05) is 0 Å². The Morgan fingerprint density at radius 3 is 2.87 bits per heavy atom. The predicted molar refractivity (Wildman–Crippen MR) is 95.6 cm³/mol. The average Bonchev–Trinajstić information content (AvgIpc) is 3.16. The van der Waals surface area contributed by atoms with Crippen molar-refractivity contribution in [3.05, 3.63) is 64.5 Å². The van der Waals surface area contributed by atoms with E-state index >= 15 is 0 Å². The molecule has 4 nitrogen and oxygen atoms in total. The average molecular weight is 363 g/mol. The fraction of sp³-hybridized carbons (Fsp3) is 0. The van der Waals surface area contributed by atoms with Crippen LogP contribution in [0.4, 0.5) is 0 Å². The van der Waals surface area contributed by atoms with Crippen molar-refractivity contribution in [1.29, 1.82) is 5.26 Å². The molecule has 110 valence electrons. The number of rotatable bonds is 2. The summed E-state index contributed by atoms with van der Waals surface area (Å²) in [4.78, 5) is 10.9. The van der Waals surface area contributed by atoms with Crippen LogP contribution in [0.15, 0.2) is 53.1 Å². The molecule has 0 aliphatic rings. The van der Waals surface area contributed by atoms with E-state index in [1.54, 1.807) is 0 Å². The van der Waals surface area contributed by atoms with E-state index < -0.39 is 0 Å². The van der Waals surface area contributed by atoms with Crippen LogP contribution in [-0.2, 0) is 0 Å². The van der Waals surface area contributed by atoms with Crippen molar-refractivity contribution >= 4 is 49.5 Å². The highest BCUT2D eigenvalue weighted by molar-refractivity contribution is 9.10. The standard InChI is InChI=1S/C18H11BrN4/c19-13-5-6-15-14(8-13)12(10-21-15)7-11(9-20)18-22-16-3-1-2-4-17(16)23-18/h1-8,10,21H,(H,22,23)/b11-7+. The Balaban J connectivity index is 1.86. The first kappa shape index (κ1) is 13.8. The predicted octanol–water partition coefficient (Wildman–Crippen LogP) is 4.87. The molecule has 2 aromatic carbocycles. The number of aromatic nitrogens is 3. The molecule has 0 fully saturated rings. The second kappa shape index (κ2) is 5.41. The number of H-pyrrole nitrogens is 2. The number of imidazole rings is 1. The number of nitrogens with one attached hydrogen (secondary N) is 2. The van der Waals surface area contributed by atoms with E-state index in [2.05, 4.69) is 37.0 Å². The minimum atomic E-state index is 0.502. The number of allylic oxidation sites excluding steroid dienone is 1. The van der Waals surface area contributed by atoms with E-state index in [0.717, 1.165) is 32.0 Å². The lowest BCUT2D eigenvalue weighted by molar-refractivity contribution is 1.27. The zero-order chi connectivity index (χ0) is 15.8. The molecule has 0 aliphatic heterocycles. The second-order valence-corrected chi connectivity index (χ2v) is 6.12. The molecule has 0 spiro atoms. The van der Waals surface area contributed by atoms with Gasteiger partial charge in [-0.3, -0.25) is 0 Å². The van der Waals surface area contributed by atoms with Crippen molar-refractivity contribution in [2.24, 2.45) is 0 Å². The number of hydrogen-bond acceptors (Lipinski definition) is 2. The molecule has 0 atom stereocenters. The smallest absolute Gasteiger partial charge is 0.149 e. The summed E-state index contributed by atoms with van der Waals surface area (Å²) in [5, 5.41) is 10.6. The molecule has 0 aliphatic carbocycles. The molecule has 2 N–H and O–H groups in total. The molecule has 4 rings (SSSR count). The van der Waals surface area contributed by atoms with Gasteiger partial charge < -0.3 is 9.97 Å². The highest BCUT2D eigenvalue weighted by atomic mass is 79.9. The monoisotopic (exact) mass is 362 g/mol. The summed E-state index contributed by atoms with van der Waals surface area (Å²) in [6.45, 7) is 0. The summed E-state index contributed by atoms with van der Waals surface area (Å²) >= 11 is 3.48. The molecule has 4 aromatic rings. The Hall–Kier alpha value is -2.84. The van der Waals surface area contributed by atoms with Crippen LogP contribution in [-0.4, -0.2) is 15.0 Å². The number of benzene rings is 2. The largest absolute Gasteiger partial charge is 0.361 e. The van der Waals surface area contributed by atoms with E-state index in [4.69, 9.17) is 0 Å². The number of halogens is 1. The quantitative estimate of drug-likeness (QED) is 0.499. The maximum absolute atomic E-state index is 9.53. The molecule has 0 radical (unpaired) electrons. The van der Waals surface area contributed by atoms with E-state index in [1.807, 2.05) is 54.7 Å². The van der Waals surface area contributed by atoms with E-state index in [9.17, 15) is 5.26 Å². The van der Waals surface area contributed by atoms with Gasteiger partial charge in [0.25, 0.3) is 0 Å². The summed E-state index contributed by atoms with van der Waals surface area (Å²) in [5.41, 5.74) is 4.26. The molecule has 0 unspecified atom stereocenters. The van der Waals surface area contributed by atoms with Gasteiger partial charge in [-0.25, -0.2) is 4.98 Å². The van der Waals surface area contributed by atoms with E-state index in [-0.39, 0.29) is 0 Å². The summed E-state index contributed by atoms with van der Waals surface area (Å²) in [7, 11) is 0. The third kappa shape index (κ3) is 2.43. The molecule has 23 heavy (non-hydrogen) atoms. The molecule has 0 amide bonds. The Morgan fingerprint density at radius 2 is 2.04 bits per heavy atom. The molecule has 5 heteroatoms. The van der Waals surface area contributed by atoms with Gasteiger partial charge in [0.05, 0.1) is 16.6 Å². The van der Waals surface area contributed by atoms with Crippen molar-refractivity contribution in [1.82, 2.24) is 15.0 Å². The molecule has 0 saturated carbocycles. The third-order valence-corrected chi connectivity index (χ3v) is 4.23. The number of nitrogens with zero attached hydrogens (tertiary/aromatic N) is 2. The van der Waals surface area contributed by atoms with Gasteiger partial charge in [0.2, 0.25) is 0 Å². The SMILES string of the molecule is N#C/C(=C\c1c[nH]c2ccc(Br)cc12)c1nc2ccccc2[nH]1. The van der Waals surface area contributed by atoms with Crippen LogP contribution in [0.2, 0.25) is 0 Å². The van der Waals surface area contributed by atoms with Crippen molar-refractivity contribution in [2.45, 2.75) is 0 Å². The second-order valence-electron chi connectivity index (χ2n) is 5.21. The van der Waals surface area contributed by atoms with Crippen LogP contribution >= 0.6 is 15.9 Å². The maximum atomic E-state index is 9.53. The lowest BCUT2D eigenvalue weighted by Crippen LogP contribution is -1.84. The van der Waals surface area contributed by atoms with Crippen LogP contribution in [0.25, 0.3) is 33.6 Å². The van der Waals surface area contributed by atoms with Gasteiger partial charge in [0.15, 0.2) is 0 Å². The minimum absolute atomic E-state index is 0.502. The summed E-state index contributed by atoms with van der Waals surface area (Å²) in [6.07, 6.45) is 3.75. The summed E-state index contributed by atoms with van der Waals surface area (Å²) < 4.78 is 1.00. The van der Waals surface area contributed by atoms with Crippen LogP contribution in [0.3, 0.4) is 0 Å². The highest BCUT2D eigenvalue weighted by Crippen LogP contribution is 2.26. The first-order valence-electron chi connectivity index (χ1n) is 7.08. The van der Waals surface area contributed by atoms with Gasteiger partial charge in [-0.1, -0.05) is 28.1 Å². The van der Waals surface area contributed by atoms with E-state index in [0.29, 0.717) is 11.4 Å². The van der Waals surface area contributed by atoms with Crippen molar-refractivity contribution in [3.8, 4) is 6.07 Å². The topological polar surface area (TPSA) is 68.3 Å². The van der Waals surface area contributed by atoms with Crippen molar-refractivity contribution in [3.63, 3.8) is 0 Å². The number of para-hydroxylation sites is 2. The van der Waals surface area contributed by atoms with Crippen LogP contribution in [0.5, 0.6) is 0 Å². The molecule has 2 heterocycles. The molecule has 0 saturated heterocycles. The summed E-state index contributed by atoms with van der Waals surface area (Å²) in [5.74, 6) is 0.582. The molecular weight excluding hydrogens is 352 g/mol. The molecule has 2 aromatic heterocycles. The van der Waals surface area contributed by atoms with Crippen LogP contribution < -0.4 is 0 Å². The number of hydrogen-bond donors (Lipinski definition) is 2. The Kier molecular flexibility index (Phi) is 3.25. The third-order valence-electron chi connectivity index (χ3n) is 3.74.